The molecule has 9 nitrogen and oxygen atoms in total. The van der Waals surface area contributed by atoms with Crippen LogP contribution in [0.1, 0.15) is 10.4 Å². The monoisotopic (exact) mass is 392 g/mol. The van der Waals surface area contributed by atoms with Crippen molar-refractivity contribution in [1.82, 2.24) is 0 Å². The average molecular weight is 392 g/mol. The summed E-state index contributed by atoms with van der Waals surface area (Å²) in [5.41, 5.74) is 0.490. The van der Waals surface area contributed by atoms with Crippen molar-refractivity contribution in [2.24, 2.45) is 0 Å². The zero-order chi connectivity index (χ0) is 19.6. The number of carboxylic acids is 1. The number of nitrogens with zero attached hydrogens (tertiary/aromatic N) is 1. The first-order chi connectivity index (χ1) is 12.8. The van der Waals surface area contributed by atoms with Crippen LogP contribution in [0.4, 0.5) is 16.2 Å². The predicted octanol–water partition coefficient (Wildman–Crippen LogP) is 2.15. The van der Waals surface area contributed by atoms with Crippen molar-refractivity contribution >= 4 is 33.5 Å². The highest BCUT2D eigenvalue weighted by Crippen LogP contribution is 2.29. The van der Waals surface area contributed by atoms with Gasteiger partial charge in [-0.05, 0) is 36.4 Å². The number of benzene rings is 2. The minimum Gasteiger partial charge on any atom is -0.495 e. The second-order valence-electron chi connectivity index (χ2n) is 5.59. The lowest BCUT2D eigenvalue weighted by molar-refractivity contribution is 0.0696. The largest absolute Gasteiger partial charge is 0.495 e. The first-order valence-electron chi connectivity index (χ1n) is 7.80. The van der Waals surface area contributed by atoms with E-state index in [0.29, 0.717) is 12.2 Å². The number of amides is 1. The predicted molar refractivity (Wildman–Crippen MR) is 95.9 cm³/mol. The number of nitrogens with one attached hydrogen (secondary N) is 1. The molecule has 0 saturated carbocycles. The highest BCUT2D eigenvalue weighted by atomic mass is 32.2. The molecule has 2 aromatic rings. The molecule has 1 aliphatic heterocycles. The number of sulfonamides is 1. The summed E-state index contributed by atoms with van der Waals surface area (Å²) in [4.78, 5) is 23.9. The third-order valence-electron chi connectivity index (χ3n) is 3.87. The van der Waals surface area contributed by atoms with Crippen LogP contribution in [0.15, 0.2) is 47.4 Å². The van der Waals surface area contributed by atoms with Gasteiger partial charge in [0.1, 0.15) is 17.3 Å². The molecule has 0 atom stereocenters. The van der Waals surface area contributed by atoms with E-state index in [0.717, 1.165) is 6.07 Å². The van der Waals surface area contributed by atoms with E-state index >= 15 is 0 Å². The van der Waals surface area contributed by atoms with E-state index in [1.165, 1.54) is 36.3 Å². The minimum atomic E-state index is -4.14. The number of hydrogen-bond acceptors (Lipinski definition) is 6. The summed E-state index contributed by atoms with van der Waals surface area (Å²) < 4.78 is 37.8. The molecule has 3 rings (SSSR count). The fourth-order valence-corrected chi connectivity index (χ4v) is 3.84. The van der Waals surface area contributed by atoms with E-state index in [1.54, 1.807) is 12.1 Å². The molecule has 1 saturated heterocycles. The van der Waals surface area contributed by atoms with Crippen molar-refractivity contribution in [3.63, 3.8) is 0 Å². The Hall–Kier alpha value is -3.27. The Labute approximate surface area is 155 Å². The summed E-state index contributed by atoms with van der Waals surface area (Å²) in [6.07, 6.45) is -0.508. The Balaban J connectivity index is 1.94. The van der Waals surface area contributed by atoms with Crippen LogP contribution in [0.25, 0.3) is 0 Å². The molecule has 0 bridgehead atoms. The molecule has 1 amide bonds. The van der Waals surface area contributed by atoms with Gasteiger partial charge in [-0.25, -0.2) is 18.0 Å². The first kappa shape index (κ1) is 18.5. The Morgan fingerprint density at radius 1 is 1.26 bits per heavy atom. The molecule has 0 radical (unpaired) electrons. The van der Waals surface area contributed by atoms with Gasteiger partial charge < -0.3 is 14.6 Å². The zero-order valence-electron chi connectivity index (χ0n) is 14.2. The number of carbonyl (C=O) groups excluding carboxylic acids is 1. The molecular formula is C17H16N2O7S. The fourth-order valence-electron chi connectivity index (χ4n) is 2.60. The average Bonchev–Trinajstić information content (AvgIpc) is 3.07. The number of ether oxygens (including phenoxy) is 2. The topological polar surface area (TPSA) is 122 Å². The van der Waals surface area contributed by atoms with Crippen LogP contribution in [0, 0.1) is 0 Å². The molecule has 0 aliphatic carbocycles. The van der Waals surface area contributed by atoms with Gasteiger partial charge in [-0.15, -0.1) is 0 Å². The van der Waals surface area contributed by atoms with E-state index in [2.05, 4.69) is 4.72 Å². The molecule has 1 fully saturated rings. The molecule has 1 heterocycles. The smallest absolute Gasteiger partial charge is 0.414 e. The molecule has 142 valence electrons. The number of rotatable bonds is 6. The van der Waals surface area contributed by atoms with Gasteiger partial charge in [0.2, 0.25) is 0 Å². The number of methoxy groups -OCH3 is 1. The van der Waals surface area contributed by atoms with E-state index in [9.17, 15) is 18.0 Å². The standard InChI is InChI=1S/C17H16N2O7S/c1-25-14-6-5-11(16(20)21)9-15(14)27(23,24)18-12-3-2-4-13(10-12)19-7-8-26-17(19)22/h2-6,9-10,18H,7-8H2,1H3,(H,20,21). The number of hydrogen-bond donors (Lipinski definition) is 2. The molecule has 0 spiro atoms. The minimum absolute atomic E-state index is 0.00627. The van der Waals surface area contributed by atoms with Gasteiger partial charge in [0.15, 0.2) is 0 Å². The summed E-state index contributed by atoms with van der Waals surface area (Å²) >= 11 is 0. The highest BCUT2D eigenvalue weighted by molar-refractivity contribution is 7.92. The fraction of sp³-hybridized carbons (Fsp3) is 0.176. The molecular weight excluding hydrogens is 376 g/mol. The Morgan fingerprint density at radius 2 is 2.04 bits per heavy atom. The number of carboxylic acid groups (broad SMARTS) is 1. The van der Waals surface area contributed by atoms with Crippen LogP contribution < -0.4 is 14.4 Å². The lowest BCUT2D eigenvalue weighted by Crippen LogP contribution is -2.23. The highest BCUT2D eigenvalue weighted by Gasteiger charge is 2.25. The second kappa shape index (κ2) is 7.16. The van der Waals surface area contributed by atoms with Gasteiger partial charge in [-0.2, -0.15) is 0 Å². The maximum absolute atomic E-state index is 12.8. The second-order valence-corrected chi connectivity index (χ2v) is 7.24. The summed E-state index contributed by atoms with van der Waals surface area (Å²) in [5.74, 6) is -1.25. The van der Waals surface area contributed by atoms with Gasteiger partial charge in [0, 0.05) is 5.69 Å². The van der Waals surface area contributed by atoms with E-state index in [1.807, 2.05) is 0 Å². The number of carbonyl (C=O) groups is 2. The zero-order valence-corrected chi connectivity index (χ0v) is 15.0. The molecule has 0 aromatic heterocycles. The number of cyclic esters (lactones) is 1. The van der Waals surface area contributed by atoms with Crippen molar-refractivity contribution in [3.8, 4) is 5.75 Å². The third-order valence-corrected chi connectivity index (χ3v) is 5.27. The summed E-state index contributed by atoms with van der Waals surface area (Å²) in [5, 5.41) is 9.11. The van der Waals surface area contributed by atoms with Crippen molar-refractivity contribution in [1.29, 1.82) is 0 Å². The summed E-state index contributed by atoms with van der Waals surface area (Å²) in [6, 6.07) is 9.77. The van der Waals surface area contributed by atoms with Crippen molar-refractivity contribution in [2.75, 3.05) is 29.9 Å². The van der Waals surface area contributed by atoms with Crippen molar-refractivity contribution < 1.29 is 32.6 Å². The van der Waals surface area contributed by atoms with E-state index in [4.69, 9.17) is 14.6 Å². The third kappa shape index (κ3) is 3.80. The molecule has 27 heavy (non-hydrogen) atoms. The van der Waals surface area contributed by atoms with E-state index in [-0.39, 0.29) is 28.5 Å². The van der Waals surface area contributed by atoms with Gasteiger partial charge in [-0.1, -0.05) is 6.07 Å². The molecule has 2 aromatic carbocycles. The van der Waals surface area contributed by atoms with Crippen LogP contribution >= 0.6 is 0 Å². The lowest BCUT2D eigenvalue weighted by atomic mass is 10.2. The molecule has 10 heteroatoms. The summed E-state index contributed by atoms with van der Waals surface area (Å²) in [7, 11) is -2.85. The molecule has 0 unspecified atom stereocenters. The molecule has 1 aliphatic rings. The maximum atomic E-state index is 12.8. The summed E-state index contributed by atoms with van der Waals surface area (Å²) in [6.45, 7) is 0.623. The van der Waals surface area contributed by atoms with Crippen LogP contribution in [-0.2, 0) is 14.8 Å². The van der Waals surface area contributed by atoms with Gasteiger partial charge in [0.05, 0.1) is 24.9 Å². The SMILES string of the molecule is COc1ccc(C(=O)O)cc1S(=O)(=O)Nc1cccc(N2CCOC2=O)c1. The number of aromatic carboxylic acids is 1. The van der Waals surface area contributed by atoms with Crippen LogP contribution in [0.3, 0.4) is 0 Å². The van der Waals surface area contributed by atoms with Crippen LogP contribution in [0.5, 0.6) is 5.75 Å². The quantitative estimate of drug-likeness (QED) is 0.772. The normalized spacial score (nSPS) is 14.0. The van der Waals surface area contributed by atoms with Crippen molar-refractivity contribution in [3.05, 3.63) is 48.0 Å². The maximum Gasteiger partial charge on any atom is 0.414 e. The Morgan fingerprint density at radius 3 is 2.67 bits per heavy atom. The van der Waals surface area contributed by atoms with Crippen molar-refractivity contribution in [2.45, 2.75) is 4.90 Å². The first-order valence-corrected chi connectivity index (χ1v) is 9.28. The van der Waals surface area contributed by atoms with Gasteiger partial charge >= 0.3 is 12.1 Å². The van der Waals surface area contributed by atoms with E-state index < -0.39 is 22.1 Å². The number of anilines is 2. The lowest BCUT2D eigenvalue weighted by Gasteiger charge is -2.15. The Kier molecular flexibility index (Phi) is 4.91. The van der Waals surface area contributed by atoms with Crippen LogP contribution in [-0.4, -0.2) is 45.8 Å². The van der Waals surface area contributed by atoms with Gasteiger partial charge in [0.25, 0.3) is 10.0 Å². The van der Waals surface area contributed by atoms with Gasteiger partial charge in [-0.3, -0.25) is 9.62 Å². The molecule has 2 N–H and O–H groups in total. The Bertz CT molecular complexity index is 1000. The van der Waals surface area contributed by atoms with Crippen LogP contribution in [0.2, 0.25) is 0 Å².